The van der Waals surface area contributed by atoms with E-state index in [1.807, 2.05) is 30.3 Å². The number of hydrogen-bond donors (Lipinski definition) is 2. The number of hydrogen-bond acceptors (Lipinski definition) is 4. The summed E-state index contributed by atoms with van der Waals surface area (Å²) in [5.41, 5.74) is 0.852. The van der Waals surface area contributed by atoms with Gasteiger partial charge in [0.05, 0.1) is 23.5 Å². The minimum atomic E-state index is -4.35. The quantitative estimate of drug-likeness (QED) is 0.280. The van der Waals surface area contributed by atoms with Crippen LogP contribution in [-0.2, 0) is 17.4 Å². The number of rotatable bonds is 12. The first kappa shape index (κ1) is 27.3. The summed E-state index contributed by atoms with van der Waals surface area (Å²) in [6.45, 7) is 2.75. The molecule has 3 aromatic rings. The molecule has 9 heteroatoms. The lowest BCUT2D eigenvalue weighted by molar-refractivity contribution is -0.138. The van der Waals surface area contributed by atoms with Crippen molar-refractivity contribution in [3.8, 4) is 16.9 Å². The van der Waals surface area contributed by atoms with Crippen LogP contribution >= 0.6 is 11.3 Å². The van der Waals surface area contributed by atoms with E-state index in [0.29, 0.717) is 28.7 Å². The Morgan fingerprint density at radius 1 is 1.00 bits per heavy atom. The van der Waals surface area contributed by atoms with Gasteiger partial charge in [-0.05, 0) is 72.7 Å². The van der Waals surface area contributed by atoms with Gasteiger partial charge >= 0.3 is 12.1 Å². The molecule has 0 fully saturated rings. The molecule has 0 aliphatic carbocycles. The summed E-state index contributed by atoms with van der Waals surface area (Å²) in [4.78, 5) is 24.3. The molecule has 0 saturated carbocycles. The highest BCUT2D eigenvalue weighted by atomic mass is 32.1. The van der Waals surface area contributed by atoms with E-state index in [9.17, 15) is 22.8 Å². The molecule has 2 N–H and O–H groups in total. The van der Waals surface area contributed by atoms with Crippen LogP contribution in [-0.4, -0.2) is 30.1 Å². The van der Waals surface area contributed by atoms with Crippen LogP contribution < -0.4 is 10.1 Å². The third kappa shape index (κ3) is 8.41. The lowest BCUT2D eigenvalue weighted by Crippen LogP contribution is -2.25. The number of carbonyl (C=O) groups excluding carboxylic acids is 1. The van der Waals surface area contributed by atoms with Crippen LogP contribution in [0.25, 0.3) is 11.1 Å². The molecule has 1 unspecified atom stereocenters. The molecule has 1 atom stereocenters. The van der Waals surface area contributed by atoms with Crippen LogP contribution in [0.2, 0.25) is 0 Å². The Morgan fingerprint density at radius 3 is 2.25 bits per heavy atom. The molecule has 0 spiro atoms. The predicted octanol–water partition coefficient (Wildman–Crippen LogP) is 6.68. The van der Waals surface area contributed by atoms with E-state index in [0.717, 1.165) is 41.8 Å². The van der Waals surface area contributed by atoms with E-state index in [-0.39, 0.29) is 18.9 Å². The number of carbonyl (C=O) groups is 2. The van der Waals surface area contributed by atoms with Crippen LogP contribution in [0.1, 0.15) is 46.3 Å². The fraction of sp³-hybridized carbons (Fsp3) is 0.333. The number of ether oxygens (including phenoxy) is 1. The summed E-state index contributed by atoms with van der Waals surface area (Å²) in [7, 11) is 0. The molecular formula is C27H28F3NO4S. The zero-order chi connectivity index (χ0) is 26.1. The highest BCUT2D eigenvalue weighted by molar-refractivity contribution is 7.14. The van der Waals surface area contributed by atoms with Gasteiger partial charge in [-0.25, -0.2) is 0 Å². The Balaban J connectivity index is 1.39. The van der Waals surface area contributed by atoms with Gasteiger partial charge in [0.15, 0.2) is 0 Å². The van der Waals surface area contributed by atoms with Crippen molar-refractivity contribution in [1.82, 2.24) is 5.32 Å². The number of amides is 1. The summed E-state index contributed by atoms with van der Waals surface area (Å²) in [5, 5.41) is 11.2. The number of thiophene rings is 1. The third-order valence-electron chi connectivity index (χ3n) is 5.56. The van der Waals surface area contributed by atoms with E-state index in [1.54, 1.807) is 6.07 Å². The molecule has 0 radical (unpaired) electrons. The minimum absolute atomic E-state index is 0.104. The molecule has 1 aromatic heterocycles. The first-order chi connectivity index (χ1) is 17.1. The summed E-state index contributed by atoms with van der Waals surface area (Å²) in [5.74, 6) is -0.179. The van der Waals surface area contributed by atoms with Crippen molar-refractivity contribution in [2.75, 3.05) is 13.2 Å². The number of halogens is 3. The second kappa shape index (κ2) is 12.6. The summed E-state index contributed by atoms with van der Waals surface area (Å²) in [6, 6.07) is 16.1. The van der Waals surface area contributed by atoms with Crippen LogP contribution in [0.3, 0.4) is 0 Å². The van der Waals surface area contributed by atoms with Crippen LogP contribution in [0.15, 0.2) is 60.7 Å². The highest BCUT2D eigenvalue weighted by Crippen LogP contribution is 2.31. The molecule has 3 rings (SSSR count). The highest BCUT2D eigenvalue weighted by Gasteiger charge is 2.29. The zero-order valence-corrected chi connectivity index (χ0v) is 20.6. The Kier molecular flexibility index (Phi) is 9.52. The monoisotopic (exact) mass is 519 g/mol. The Hall–Kier alpha value is -3.33. The van der Waals surface area contributed by atoms with Crippen molar-refractivity contribution < 1.29 is 32.6 Å². The first-order valence-corrected chi connectivity index (χ1v) is 12.4. The zero-order valence-electron chi connectivity index (χ0n) is 19.8. The molecule has 1 heterocycles. The summed E-state index contributed by atoms with van der Waals surface area (Å²) in [6.07, 6.45) is -1.72. The maximum Gasteiger partial charge on any atom is 0.416 e. The Bertz CT molecular complexity index is 1140. The normalized spacial score (nSPS) is 12.2. The molecule has 0 aliphatic rings. The van der Waals surface area contributed by atoms with E-state index < -0.39 is 17.7 Å². The SMILES string of the molecule is CC(CCCc1ccc(C(=O)NCCC(=O)O)s1)COc1ccc(-c2ccc(C(F)(F)F)cc2)cc1. The van der Waals surface area contributed by atoms with Crippen LogP contribution in [0.5, 0.6) is 5.75 Å². The lowest BCUT2D eigenvalue weighted by Gasteiger charge is -2.13. The van der Waals surface area contributed by atoms with Crippen molar-refractivity contribution in [2.45, 2.75) is 38.8 Å². The third-order valence-corrected chi connectivity index (χ3v) is 6.71. The van der Waals surface area contributed by atoms with Crippen LogP contribution in [0.4, 0.5) is 13.2 Å². The summed E-state index contributed by atoms with van der Waals surface area (Å²) < 4.78 is 44.1. The van der Waals surface area contributed by atoms with Gasteiger partial charge in [-0.15, -0.1) is 11.3 Å². The average molecular weight is 520 g/mol. The molecular weight excluding hydrogens is 491 g/mol. The van der Waals surface area contributed by atoms with E-state index in [2.05, 4.69) is 12.2 Å². The summed E-state index contributed by atoms with van der Waals surface area (Å²) >= 11 is 1.42. The number of benzene rings is 2. The molecule has 5 nitrogen and oxygen atoms in total. The Morgan fingerprint density at radius 2 is 1.64 bits per heavy atom. The van der Waals surface area contributed by atoms with Gasteiger partial charge in [0.1, 0.15) is 5.75 Å². The fourth-order valence-electron chi connectivity index (χ4n) is 3.55. The first-order valence-electron chi connectivity index (χ1n) is 11.6. The predicted molar refractivity (Wildman–Crippen MR) is 133 cm³/mol. The minimum Gasteiger partial charge on any atom is -0.493 e. The van der Waals surface area contributed by atoms with Crippen LogP contribution in [0, 0.1) is 5.92 Å². The molecule has 0 aliphatic heterocycles. The maximum atomic E-state index is 12.7. The molecule has 192 valence electrons. The number of nitrogens with one attached hydrogen (secondary N) is 1. The topological polar surface area (TPSA) is 75.6 Å². The Labute approximate surface area is 211 Å². The largest absolute Gasteiger partial charge is 0.493 e. The van der Waals surface area contributed by atoms with E-state index in [4.69, 9.17) is 9.84 Å². The second-order valence-electron chi connectivity index (χ2n) is 8.57. The van der Waals surface area contributed by atoms with Crippen molar-refractivity contribution in [3.63, 3.8) is 0 Å². The van der Waals surface area contributed by atoms with Gasteiger partial charge in [0, 0.05) is 11.4 Å². The second-order valence-corrected chi connectivity index (χ2v) is 9.74. The fourth-order valence-corrected chi connectivity index (χ4v) is 4.51. The number of alkyl halides is 3. The molecule has 0 bridgehead atoms. The molecule has 2 aromatic carbocycles. The number of aliphatic carboxylic acids is 1. The maximum absolute atomic E-state index is 12.7. The van der Waals surface area contributed by atoms with Gasteiger partial charge < -0.3 is 15.2 Å². The lowest BCUT2D eigenvalue weighted by atomic mass is 10.0. The van der Waals surface area contributed by atoms with E-state index in [1.165, 1.54) is 23.5 Å². The molecule has 36 heavy (non-hydrogen) atoms. The van der Waals surface area contributed by atoms with E-state index >= 15 is 0 Å². The van der Waals surface area contributed by atoms with Crippen molar-refractivity contribution >= 4 is 23.2 Å². The van der Waals surface area contributed by atoms with Gasteiger partial charge in [-0.1, -0.05) is 31.2 Å². The van der Waals surface area contributed by atoms with Gasteiger partial charge in [0.2, 0.25) is 0 Å². The van der Waals surface area contributed by atoms with Crippen molar-refractivity contribution in [2.24, 2.45) is 5.92 Å². The number of aryl methyl sites for hydroxylation is 1. The standard InChI is InChI=1S/C27H28F3NO4S/c1-18(3-2-4-23-13-14-24(36-23)26(34)31-16-15-25(32)33)17-35-22-11-7-20(8-12-22)19-5-9-21(10-6-19)27(28,29)30/h5-14,18H,2-4,15-17H2,1H3,(H,31,34)(H,32,33). The van der Waals surface area contributed by atoms with Gasteiger partial charge in [-0.3, -0.25) is 9.59 Å². The smallest absolute Gasteiger partial charge is 0.416 e. The number of carboxylic acids is 1. The van der Waals surface area contributed by atoms with Crippen molar-refractivity contribution in [1.29, 1.82) is 0 Å². The molecule has 0 saturated heterocycles. The number of carboxylic acid groups (broad SMARTS) is 1. The molecule has 1 amide bonds. The van der Waals surface area contributed by atoms with Gasteiger partial charge in [0.25, 0.3) is 5.91 Å². The van der Waals surface area contributed by atoms with Crippen molar-refractivity contribution in [3.05, 3.63) is 76.0 Å². The average Bonchev–Trinajstić information content (AvgIpc) is 3.31. The van der Waals surface area contributed by atoms with Gasteiger partial charge in [-0.2, -0.15) is 13.2 Å².